The molecule has 0 saturated carbocycles. The Balaban J connectivity index is 1.38. The molecule has 0 spiro atoms. The van der Waals surface area contributed by atoms with Crippen molar-refractivity contribution in [2.75, 3.05) is 26.2 Å². The number of hydrogen-bond acceptors (Lipinski definition) is 5. The van der Waals surface area contributed by atoms with Crippen LogP contribution in [-0.4, -0.2) is 53.1 Å². The Morgan fingerprint density at radius 3 is 2.03 bits per heavy atom. The van der Waals surface area contributed by atoms with Crippen LogP contribution >= 0.6 is 0 Å². The van der Waals surface area contributed by atoms with Gasteiger partial charge < -0.3 is 4.84 Å². The van der Waals surface area contributed by atoms with Gasteiger partial charge in [-0.15, -0.1) is 5.06 Å². The van der Waals surface area contributed by atoms with E-state index in [-0.39, 0.29) is 23.6 Å². The number of halogens is 2. The third kappa shape index (κ3) is 6.00. The first-order valence-corrected chi connectivity index (χ1v) is 11.1. The van der Waals surface area contributed by atoms with Gasteiger partial charge in [-0.3, -0.25) is 9.88 Å². The van der Waals surface area contributed by atoms with Gasteiger partial charge >= 0.3 is 5.97 Å². The molecule has 0 amide bonds. The number of carbonyl (C=O) groups excluding carboxylic acids is 1. The fourth-order valence-corrected chi connectivity index (χ4v) is 4.23. The number of pyridine rings is 1. The highest BCUT2D eigenvalue weighted by molar-refractivity contribution is 5.88. The van der Waals surface area contributed by atoms with E-state index in [9.17, 15) is 13.6 Å². The molecule has 2 heterocycles. The zero-order chi connectivity index (χ0) is 23.2. The minimum atomic E-state index is -0.405. The standard InChI is InChI=1S/C26H27F2N3O2/c1-19(30-13-15-31(16-14-30)33-26(32)22-3-2-12-29-18-22)17-25(20-4-8-23(27)9-5-20)21-6-10-24(28)11-7-21/h2-12,18-19,25H,13-17H2,1H3. The number of aromatic nitrogens is 1. The van der Waals surface area contributed by atoms with Crippen molar-refractivity contribution in [3.8, 4) is 0 Å². The monoisotopic (exact) mass is 451 g/mol. The molecule has 1 atom stereocenters. The Hall–Kier alpha value is -3.16. The van der Waals surface area contributed by atoms with Crippen molar-refractivity contribution < 1.29 is 18.4 Å². The summed E-state index contributed by atoms with van der Waals surface area (Å²) >= 11 is 0. The molecule has 1 fully saturated rings. The second kappa shape index (κ2) is 10.6. The van der Waals surface area contributed by atoms with Crippen LogP contribution in [0.5, 0.6) is 0 Å². The summed E-state index contributed by atoms with van der Waals surface area (Å²) in [6, 6.07) is 16.7. The third-order valence-corrected chi connectivity index (χ3v) is 6.13. The summed E-state index contributed by atoms with van der Waals surface area (Å²) in [4.78, 5) is 24.1. The van der Waals surface area contributed by atoms with Gasteiger partial charge in [-0.25, -0.2) is 13.6 Å². The highest BCUT2D eigenvalue weighted by Crippen LogP contribution is 2.31. The van der Waals surface area contributed by atoms with Crippen molar-refractivity contribution in [1.82, 2.24) is 14.9 Å². The zero-order valence-corrected chi connectivity index (χ0v) is 18.5. The lowest BCUT2D eigenvalue weighted by Crippen LogP contribution is -2.50. The molecular formula is C26H27F2N3O2. The predicted molar refractivity (Wildman–Crippen MR) is 122 cm³/mol. The number of hydroxylamine groups is 2. The van der Waals surface area contributed by atoms with E-state index < -0.39 is 5.97 Å². The largest absolute Gasteiger partial charge is 0.364 e. The quantitative estimate of drug-likeness (QED) is 0.523. The van der Waals surface area contributed by atoms with Crippen molar-refractivity contribution in [2.24, 2.45) is 0 Å². The Bertz CT molecular complexity index is 992. The maximum atomic E-state index is 13.5. The molecule has 0 aliphatic carbocycles. The van der Waals surface area contributed by atoms with Gasteiger partial charge in [0.15, 0.2) is 0 Å². The second-order valence-electron chi connectivity index (χ2n) is 8.33. The normalized spacial score (nSPS) is 16.0. The molecule has 1 aliphatic heterocycles. The van der Waals surface area contributed by atoms with E-state index >= 15 is 0 Å². The van der Waals surface area contributed by atoms with Gasteiger partial charge in [-0.1, -0.05) is 24.3 Å². The molecule has 0 bridgehead atoms. The molecule has 33 heavy (non-hydrogen) atoms. The van der Waals surface area contributed by atoms with E-state index in [2.05, 4.69) is 16.8 Å². The molecule has 7 heteroatoms. The Morgan fingerprint density at radius 2 is 1.52 bits per heavy atom. The first-order valence-electron chi connectivity index (χ1n) is 11.1. The van der Waals surface area contributed by atoms with E-state index in [1.807, 2.05) is 0 Å². The molecule has 1 unspecified atom stereocenters. The maximum absolute atomic E-state index is 13.5. The van der Waals surface area contributed by atoms with Gasteiger partial charge in [-0.2, -0.15) is 0 Å². The highest BCUT2D eigenvalue weighted by Gasteiger charge is 2.27. The number of nitrogens with zero attached hydrogens (tertiary/aromatic N) is 3. The van der Waals surface area contributed by atoms with Gasteiger partial charge in [0.2, 0.25) is 0 Å². The molecule has 4 rings (SSSR count). The summed E-state index contributed by atoms with van der Waals surface area (Å²) in [5.74, 6) is -0.942. The third-order valence-electron chi connectivity index (χ3n) is 6.13. The fraction of sp³-hybridized carbons (Fsp3) is 0.308. The summed E-state index contributed by atoms with van der Waals surface area (Å²) in [5.41, 5.74) is 2.42. The van der Waals surface area contributed by atoms with Crippen LogP contribution in [-0.2, 0) is 4.84 Å². The molecule has 1 saturated heterocycles. The van der Waals surface area contributed by atoms with Crippen LogP contribution in [0.1, 0.15) is 40.7 Å². The number of carbonyl (C=O) groups is 1. The average molecular weight is 452 g/mol. The SMILES string of the molecule is CC(CC(c1ccc(F)cc1)c1ccc(F)cc1)N1CCN(OC(=O)c2cccnc2)CC1. The lowest BCUT2D eigenvalue weighted by molar-refractivity contribution is -0.133. The molecule has 0 radical (unpaired) electrons. The first-order chi connectivity index (χ1) is 16.0. The maximum Gasteiger partial charge on any atom is 0.358 e. The molecule has 5 nitrogen and oxygen atoms in total. The van der Waals surface area contributed by atoms with Gasteiger partial charge in [0, 0.05) is 50.5 Å². The predicted octanol–water partition coefficient (Wildman–Crippen LogP) is 4.66. The van der Waals surface area contributed by atoms with Crippen LogP contribution in [0.4, 0.5) is 8.78 Å². The van der Waals surface area contributed by atoms with Crippen molar-refractivity contribution in [1.29, 1.82) is 0 Å². The zero-order valence-electron chi connectivity index (χ0n) is 18.5. The minimum Gasteiger partial charge on any atom is -0.364 e. The Labute approximate surface area is 192 Å². The minimum absolute atomic E-state index is 0.0163. The molecule has 1 aromatic heterocycles. The van der Waals surface area contributed by atoms with Gasteiger partial charge in [-0.05, 0) is 60.9 Å². The molecular weight excluding hydrogens is 424 g/mol. The number of benzene rings is 2. The van der Waals surface area contributed by atoms with Crippen molar-refractivity contribution in [2.45, 2.75) is 25.3 Å². The fourth-order valence-electron chi connectivity index (χ4n) is 4.23. The highest BCUT2D eigenvalue weighted by atomic mass is 19.1. The summed E-state index contributed by atoms with van der Waals surface area (Å²) in [7, 11) is 0. The Kier molecular flexibility index (Phi) is 7.42. The van der Waals surface area contributed by atoms with Gasteiger partial charge in [0.1, 0.15) is 11.6 Å². The van der Waals surface area contributed by atoms with Crippen LogP contribution in [0.2, 0.25) is 0 Å². The lowest BCUT2D eigenvalue weighted by Gasteiger charge is -2.38. The lowest BCUT2D eigenvalue weighted by atomic mass is 9.86. The van der Waals surface area contributed by atoms with Crippen molar-refractivity contribution in [3.05, 3.63) is 101 Å². The molecule has 172 valence electrons. The van der Waals surface area contributed by atoms with E-state index in [0.717, 1.165) is 30.6 Å². The number of hydrogen-bond donors (Lipinski definition) is 0. The Morgan fingerprint density at radius 1 is 0.939 bits per heavy atom. The summed E-state index contributed by atoms with van der Waals surface area (Å²) in [6.45, 7) is 4.88. The molecule has 0 N–H and O–H groups in total. The van der Waals surface area contributed by atoms with E-state index in [4.69, 9.17) is 4.84 Å². The van der Waals surface area contributed by atoms with Crippen LogP contribution in [0.25, 0.3) is 0 Å². The van der Waals surface area contributed by atoms with Crippen LogP contribution < -0.4 is 0 Å². The molecule has 1 aliphatic rings. The summed E-state index contributed by atoms with van der Waals surface area (Å²) in [6.07, 6.45) is 3.90. The van der Waals surface area contributed by atoms with E-state index in [0.29, 0.717) is 18.7 Å². The summed E-state index contributed by atoms with van der Waals surface area (Å²) < 4.78 is 27.0. The van der Waals surface area contributed by atoms with E-state index in [1.165, 1.54) is 30.5 Å². The first kappa shape index (κ1) is 23.0. The topological polar surface area (TPSA) is 45.7 Å². The molecule has 3 aromatic rings. The number of piperazine rings is 1. The second-order valence-corrected chi connectivity index (χ2v) is 8.33. The smallest absolute Gasteiger partial charge is 0.358 e. The van der Waals surface area contributed by atoms with Crippen molar-refractivity contribution in [3.63, 3.8) is 0 Å². The van der Waals surface area contributed by atoms with Gasteiger partial charge in [0.25, 0.3) is 0 Å². The van der Waals surface area contributed by atoms with Crippen LogP contribution in [0.15, 0.2) is 73.1 Å². The van der Waals surface area contributed by atoms with Crippen molar-refractivity contribution >= 4 is 5.97 Å². The van der Waals surface area contributed by atoms with Gasteiger partial charge in [0.05, 0.1) is 5.56 Å². The van der Waals surface area contributed by atoms with E-state index in [1.54, 1.807) is 47.7 Å². The number of rotatable bonds is 7. The van der Waals surface area contributed by atoms with Crippen LogP contribution in [0.3, 0.4) is 0 Å². The van der Waals surface area contributed by atoms with Crippen LogP contribution in [0, 0.1) is 11.6 Å². The molecule has 2 aromatic carbocycles. The summed E-state index contributed by atoms with van der Waals surface area (Å²) in [5, 5.41) is 1.69. The average Bonchev–Trinajstić information content (AvgIpc) is 2.85.